The van der Waals surface area contributed by atoms with Crippen molar-refractivity contribution in [3.63, 3.8) is 0 Å². The zero-order valence-electron chi connectivity index (χ0n) is 10.6. The second kappa shape index (κ2) is 5.04. The van der Waals surface area contributed by atoms with Crippen LogP contribution in [0.3, 0.4) is 0 Å². The highest BCUT2D eigenvalue weighted by Gasteiger charge is 2.44. The van der Waals surface area contributed by atoms with Gasteiger partial charge in [-0.25, -0.2) is 0 Å². The molecular formula is C14H14ClF3N2. The van der Waals surface area contributed by atoms with Gasteiger partial charge < -0.3 is 0 Å². The molecule has 0 aliphatic carbocycles. The van der Waals surface area contributed by atoms with Crippen LogP contribution in [0.25, 0.3) is 0 Å². The molecule has 1 aromatic rings. The minimum absolute atomic E-state index is 0.0673. The molecule has 2 bridgehead atoms. The molecule has 3 rings (SSSR count). The highest BCUT2D eigenvalue weighted by molar-refractivity contribution is 6.30. The van der Waals surface area contributed by atoms with Crippen LogP contribution in [0.15, 0.2) is 30.6 Å². The Bertz CT molecular complexity index is 529. The number of hydrogen-bond donors (Lipinski definition) is 0. The second-order valence-corrected chi connectivity index (χ2v) is 5.78. The molecule has 0 saturated carbocycles. The van der Waals surface area contributed by atoms with Gasteiger partial charge in [-0.2, -0.15) is 13.2 Å². The van der Waals surface area contributed by atoms with Crippen molar-refractivity contribution >= 4 is 11.6 Å². The molecule has 0 aromatic carbocycles. The van der Waals surface area contributed by atoms with Crippen molar-refractivity contribution in [2.45, 2.75) is 37.0 Å². The Kier molecular flexibility index (Phi) is 3.50. The van der Waals surface area contributed by atoms with Crippen molar-refractivity contribution in [2.75, 3.05) is 6.54 Å². The Hall–Kier alpha value is -1.07. The number of alkyl halides is 3. The zero-order valence-corrected chi connectivity index (χ0v) is 11.4. The maximum atomic E-state index is 12.7. The van der Waals surface area contributed by atoms with Crippen molar-refractivity contribution < 1.29 is 13.2 Å². The SMILES string of the molecule is FC(F)(F)CN1C2C=CC(c3cncc(Cl)c3)C1CC2. The van der Waals surface area contributed by atoms with E-state index in [9.17, 15) is 13.2 Å². The predicted molar refractivity (Wildman–Crippen MR) is 70.7 cm³/mol. The molecule has 2 aliphatic heterocycles. The normalized spacial score (nSPS) is 29.9. The van der Waals surface area contributed by atoms with E-state index in [0.29, 0.717) is 5.02 Å². The Labute approximate surface area is 120 Å². The molecule has 108 valence electrons. The van der Waals surface area contributed by atoms with E-state index in [1.54, 1.807) is 17.2 Å². The van der Waals surface area contributed by atoms with Crippen LogP contribution < -0.4 is 0 Å². The number of halogens is 4. The maximum absolute atomic E-state index is 12.7. The molecule has 0 amide bonds. The summed E-state index contributed by atoms with van der Waals surface area (Å²) >= 11 is 5.93. The monoisotopic (exact) mass is 302 g/mol. The third kappa shape index (κ3) is 2.69. The first kappa shape index (κ1) is 13.9. The summed E-state index contributed by atoms with van der Waals surface area (Å²) in [4.78, 5) is 5.60. The summed E-state index contributed by atoms with van der Waals surface area (Å²) in [5, 5.41) is 0.512. The highest BCUT2D eigenvalue weighted by Crippen LogP contribution is 2.41. The highest BCUT2D eigenvalue weighted by atomic mass is 35.5. The number of fused-ring (bicyclic) bond motifs is 2. The summed E-state index contributed by atoms with van der Waals surface area (Å²) in [6, 6.07) is 1.57. The van der Waals surface area contributed by atoms with E-state index in [0.717, 1.165) is 18.4 Å². The Morgan fingerprint density at radius 2 is 2.05 bits per heavy atom. The third-order valence-corrected chi connectivity index (χ3v) is 4.24. The first-order chi connectivity index (χ1) is 9.44. The van der Waals surface area contributed by atoms with E-state index in [4.69, 9.17) is 11.6 Å². The van der Waals surface area contributed by atoms with Crippen molar-refractivity contribution in [1.82, 2.24) is 9.88 Å². The fraction of sp³-hybridized carbons (Fsp3) is 0.500. The molecule has 1 fully saturated rings. The number of nitrogens with zero attached hydrogens (tertiary/aromatic N) is 2. The molecule has 0 spiro atoms. The quantitative estimate of drug-likeness (QED) is 0.773. The van der Waals surface area contributed by atoms with Crippen LogP contribution in [0.1, 0.15) is 24.3 Å². The van der Waals surface area contributed by atoms with E-state index in [2.05, 4.69) is 4.98 Å². The fourth-order valence-corrected chi connectivity index (χ4v) is 3.46. The van der Waals surface area contributed by atoms with Gasteiger partial charge in [0.25, 0.3) is 0 Å². The van der Waals surface area contributed by atoms with Crippen LogP contribution >= 0.6 is 11.6 Å². The number of rotatable bonds is 2. The molecule has 1 saturated heterocycles. The predicted octanol–water partition coefficient (Wildman–Crippen LogP) is 3.78. The molecule has 1 aromatic heterocycles. The van der Waals surface area contributed by atoms with Crippen LogP contribution in [0.5, 0.6) is 0 Å². The van der Waals surface area contributed by atoms with Crippen molar-refractivity contribution in [1.29, 1.82) is 0 Å². The third-order valence-electron chi connectivity index (χ3n) is 4.04. The molecule has 2 nitrogen and oxygen atoms in total. The van der Waals surface area contributed by atoms with Gasteiger partial charge in [0.1, 0.15) is 0 Å². The van der Waals surface area contributed by atoms with E-state index in [1.807, 2.05) is 12.2 Å². The van der Waals surface area contributed by atoms with E-state index in [-0.39, 0.29) is 18.0 Å². The van der Waals surface area contributed by atoms with E-state index in [1.165, 1.54) is 6.20 Å². The van der Waals surface area contributed by atoms with Gasteiger partial charge >= 0.3 is 6.18 Å². The minimum Gasteiger partial charge on any atom is -0.285 e. The molecule has 3 atom stereocenters. The molecule has 20 heavy (non-hydrogen) atoms. The van der Waals surface area contributed by atoms with Gasteiger partial charge in [0.15, 0.2) is 0 Å². The lowest BCUT2D eigenvalue weighted by Gasteiger charge is -2.37. The maximum Gasteiger partial charge on any atom is 0.401 e. The smallest absolute Gasteiger partial charge is 0.285 e. The molecule has 0 radical (unpaired) electrons. The van der Waals surface area contributed by atoms with Crippen molar-refractivity contribution in [2.24, 2.45) is 0 Å². The molecular weight excluding hydrogens is 289 g/mol. The van der Waals surface area contributed by atoms with Crippen LogP contribution in [0.4, 0.5) is 13.2 Å². The minimum atomic E-state index is -4.16. The largest absolute Gasteiger partial charge is 0.401 e. The standard InChI is InChI=1S/C14H14ClF3N2/c15-10-5-9(6-19-7-10)12-3-1-11-2-4-13(12)20(11)8-14(16,17)18/h1,3,5-7,11-13H,2,4,8H2. The molecule has 3 unspecified atom stereocenters. The molecule has 2 aliphatic rings. The van der Waals surface area contributed by atoms with Gasteiger partial charge in [-0.05, 0) is 24.5 Å². The van der Waals surface area contributed by atoms with Gasteiger partial charge in [0.05, 0.1) is 11.6 Å². The number of pyridine rings is 1. The summed E-state index contributed by atoms with van der Waals surface area (Å²) in [5.74, 6) is -0.0673. The average Bonchev–Trinajstić information content (AvgIpc) is 2.60. The lowest BCUT2D eigenvalue weighted by atomic mass is 9.89. The fourth-order valence-electron chi connectivity index (χ4n) is 3.27. The zero-order chi connectivity index (χ0) is 14.3. The molecule has 6 heteroatoms. The summed E-state index contributed by atoms with van der Waals surface area (Å²) in [5.41, 5.74) is 0.881. The van der Waals surface area contributed by atoms with Crippen LogP contribution in [-0.2, 0) is 0 Å². The topological polar surface area (TPSA) is 16.1 Å². The second-order valence-electron chi connectivity index (χ2n) is 5.35. The Morgan fingerprint density at radius 1 is 1.25 bits per heavy atom. The number of hydrogen-bond acceptors (Lipinski definition) is 2. The Balaban J connectivity index is 1.88. The van der Waals surface area contributed by atoms with Gasteiger partial charge in [0, 0.05) is 30.4 Å². The van der Waals surface area contributed by atoms with E-state index >= 15 is 0 Å². The summed E-state index contributed by atoms with van der Waals surface area (Å²) in [7, 11) is 0. The van der Waals surface area contributed by atoms with Crippen LogP contribution in [-0.4, -0.2) is 34.7 Å². The summed E-state index contributed by atoms with van der Waals surface area (Å²) in [6.07, 6.45) is 4.49. The van der Waals surface area contributed by atoms with Crippen molar-refractivity contribution in [3.05, 3.63) is 41.2 Å². The lowest BCUT2D eigenvalue weighted by molar-refractivity contribution is -0.151. The first-order valence-corrected chi connectivity index (χ1v) is 6.93. The number of aromatic nitrogens is 1. The summed E-state index contributed by atoms with van der Waals surface area (Å²) in [6.45, 7) is -0.850. The van der Waals surface area contributed by atoms with Crippen LogP contribution in [0, 0.1) is 0 Å². The lowest BCUT2D eigenvalue weighted by Crippen LogP contribution is -2.46. The molecule has 3 heterocycles. The van der Waals surface area contributed by atoms with Crippen LogP contribution in [0.2, 0.25) is 5.02 Å². The van der Waals surface area contributed by atoms with Gasteiger partial charge in [-0.15, -0.1) is 0 Å². The summed E-state index contributed by atoms with van der Waals surface area (Å²) < 4.78 is 38.1. The van der Waals surface area contributed by atoms with Crippen molar-refractivity contribution in [3.8, 4) is 0 Å². The molecule has 0 N–H and O–H groups in total. The van der Waals surface area contributed by atoms with Gasteiger partial charge in [-0.1, -0.05) is 23.8 Å². The van der Waals surface area contributed by atoms with E-state index < -0.39 is 12.7 Å². The average molecular weight is 303 g/mol. The first-order valence-electron chi connectivity index (χ1n) is 6.55. The Morgan fingerprint density at radius 3 is 2.75 bits per heavy atom. The van der Waals surface area contributed by atoms with Gasteiger partial charge in [0.2, 0.25) is 0 Å². The van der Waals surface area contributed by atoms with Gasteiger partial charge in [-0.3, -0.25) is 9.88 Å².